The SMILES string of the molecule is C[N+]12CCCC[C@@H]1[C@H]1C[C@@H](C2)[C@@H]2CCCCN2C1. The molecule has 5 atom stereocenters. The summed E-state index contributed by atoms with van der Waals surface area (Å²) < 4.78 is 1.44. The third kappa shape index (κ3) is 1.68. The van der Waals surface area contributed by atoms with Crippen molar-refractivity contribution in [1.82, 2.24) is 4.90 Å². The highest BCUT2D eigenvalue weighted by Gasteiger charge is 2.53. The fourth-order valence-electron chi connectivity index (χ4n) is 5.99. The highest BCUT2D eigenvalue weighted by molar-refractivity contribution is 4.96. The Balaban J connectivity index is 1.61. The van der Waals surface area contributed by atoms with E-state index in [-0.39, 0.29) is 0 Å². The predicted molar refractivity (Wildman–Crippen MR) is 74.4 cm³/mol. The number of hydrogen-bond acceptors (Lipinski definition) is 1. The Morgan fingerprint density at radius 3 is 2.83 bits per heavy atom. The van der Waals surface area contributed by atoms with Gasteiger partial charge in [-0.15, -0.1) is 0 Å². The molecule has 0 aliphatic carbocycles. The molecule has 18 heavy (non-hydrogen) atoms. The van der Waals surface area contributed by atoms with Crippen LogP contribution in [0.5, 0.6) is 0 Å². The van der Waals surface area contributed by atoms with Gasteiger partial charge in [-0.25, -0.2) is 0 Å². The Morgan fingerprint density at radius 2 is 1.89 bits per heavy atom. The Kier molecular flexibility index (Phi) is 2.74. The zero-order chi connectivity index (χ0) is 12.2. The summed E-state index contributed by atoms with van der Waals surface area (Å²) in [5.41, 5.74) is 0. The molecular weight excluding hydrogens is 220 g/mol. The van der Waals surface area contributed by atoms with Crippen molar-refractivity contribution in [2.45, 2.75) is 57.0 Å². The van der Waals surface area contributed by atoms with Gasteiger partial charge < -0.3 is 4.48 Å². The molecular formula is C16H29N2+. The molecule has 0 radical (unpaired) electrons. The maximum Gasteiger partial charge on any atom is 0.0929 e. The molecule has 0 aromatic heterocycles. The van der Waals surface area contributed by atoms with Crippen molar-refractivity contribution < 1.29 is 4.48 Å². The number of fused-ring (bicyclic) bond motifs is 6. The molecule has 4 rings (SSSR count). The van der Waals surface area contributed by atoms with Crippen molar-refractivity contribution in [2.75, 3.05) is 33.2 Å². The second-order valence-corrected chi connectivity index (χ2v) is 7.76. The lowest BCUT2D eigenvalue weighted by Crippen LogP contribution is -2.70. The average molecular weight is 249 g/mol. The van der Waals surface area contributed by atoms with Gasteiger partial charge in [-0.05, 0) is 45.1 Å². The zero-order valence-corrected chi connectivity index (χ0v) is 12.0. The lowest BCUT2D eigenvalue weighted by molar-refractivity contribution is -0.951. The first-order valence-electron chi connectivity index (χ1n) is 8.34. The Labute approximate surface area is 112 Å². The Bertz CT molecular complexity index is 329. The zero-order valence-electron chi connectivity index (χ0n) is 12.0. The third-order valence-corrected chi connectivity index (χ3v) is 6.70. The molecule has 0 saturated carbocycles. The van der Waals surface area contributed by atoms with Crippen LogP contribution in [0.15, 0.2) is 0 Å². The van der Waals surface area contributed by atoms with E-state index in [1.807, 2.05) is 0 Å². The molecule has 4 heterocycles. The van der Waals surface area contributed by atoms with Crippen LogP contribution in [0.1, 0.15) is 44.9 Å². The summed E-state index contributed by atoms with van der Waals surface area (Å²) in [7, 11) is 2.58. The minimum atomic E-state index is 0.966. The van der Waals surface area contributed by atoms with Crippen molar-refractivity contribution >= 4 is 0 Å². The summed E-state index contributed by atoms with van der Waals surface area (Å²) >= 11 is 0. The molecule has 0 aromatic rings. The average Bonchev–Trinajstić information content (AvgIpc) is 2.38. The van der Waals surface area contributed by atoms with E-state index in [1.54, 1.807) is 6.42 Å². The van der Waals surface area contributed by atoms with Crippen LogP contribution in [-0.4, -0.2) is 54.7 Å². The van der Waals surface area contributed by atoms with Crippen LogP contribution in [-0.2, 0) is 0 Å². The molecule has 1 unspecified atom stereocenters. The fourth-order valence-corrected chi connectivity index (χ4v) is 5.99. The predicted octanol–water partition coefficient (Wildman–Crippen LogP) is 2.49. The van der Waals surface area contributed by atoms with Gasteiger partial charge in [0.25, 0.3) is 0 Å². The maximum atomic E-state index is 2.89. The summed E-state index contributed by atoms with van der Waals surface area (Å²) in [5.74, 6) is 2.06. The second kappa shape index (κ2) is 4.21. The first-order chi connectivity index (χ1) is 8.76. The van der Waals surface area contributed by atoms with Crippen molar-refractivity contribution in [2.24, 2.45) is 11.8 Å². The quantitative estimate of drug-likeness (QED) is 0.596. The third-order valence-electron chi connectivity index (χ3n) is 6.70. The number of nitrogens with zero attached hydrogens (tertiary/aromatic N) is 2. The van der Waals surface area contributed by atoms with E-state index in [9.17, 15) is 0 Å². The molecule has 2 nitrogen and oxygen atoms in total. The first kappa shape index (κ1) is 11.7. The van der Waals surface area contributed by atoms with Crippen LogP contribution in [0.3, 0.4) is 0 Å². The lowest BCUT2D eigenvalue weighted by atomic mass is 9.70. The smallest absolute Gasteiger partial charge is 0.0929 e. The van der Waals surface area contributed by atoms with Crippen LogP contribution < -0.4 is 0 Å². The number of quaternary nitrogens is 1. The number of rotatable bonds is 0. The van der Waals surface area contributed by atoms with Gasteiger partial charge in [0.05, 0.1) is 26.2 Å². The van der Waals surface area contributed by atoms with E-state index < -0.39 is 0 Å². The number of hydrogen-bond donors (Lipinski definition) is 0. The maximum absolute atomic E-state index is 2.89. The summed E-state index contributed by atoms with van der Waals surface area (Å²) in [6, 6.07) is 1.98. The van der Waals surface area contributed by atoms with Crippen molar-refractivity contribution in [3.8, 4) is 0 Å². The van der Waals surface area contributed by atoms with E-state index in [1.165, 1.54) is 69.2 Å². The largest absolute Gasteiger partial charge is 0.323 e. The molecule has 4 aliphatic heterocycles. The highest BCUT2D eigenvalue weighted by atomic mass is 15.4. The van der Waals surface area contributed by atoms with Gasteiger partial charge in [0.2, 0.25) is 0 Å². The van der Waals surface area contributed by atoms with Crippen LogP contribution in [0.25, 0.3) is 0 Å². The normalized spacial score (nSPS) is 52.5. The number of piperidine rings is 4. The summed E-state index contributed by atoms with van der Waals surface area (Å²) in [5, 5.41) is 0. The van der Waals surface area contributed by atoms with Gasteiger partial charge in [0, 0.05) is 24.4 Å². The minimum absolute atomic E-state index is 0.966. The summed E-state index contributed by atoms with van der Waals surface area (Å²) in [6.07, 6.45) is 10.5. The lowest BCUT2D eigenvalue weighted by Gasteiger charge is -2.60. The van der Waals surface area contributed by atoms with Crippen LogP contribution in [0.4, 0.5) is 0 Å². The van der Waals surface area contributed by atoms with Gasteiger partial charge in [0.15, 0.2) is 0 Å². The van der Waals surface area contributed by atoms with Crippen LogP contribution in [0.2, 0.25) is 0 Å². The Morgan fingerprint density at radius 1 is 1.00 bits per heavy atom. The molecule has 4 fully saturated rings. The molecule has 2 heteroatoms. The topological polar surface area (TPSA) is 3.24 Å². The molecule has 4 aliphatic rings. The Hall–Kier alpha value is -0.0800. The van der Waals surface area contributed by atoms with Gasteiger partial charge in [-0.3, -0.25) is 4.90 Å². The van der Waals surface area contributed by atoms with E-state index in [4.69, 9.17) is 0 Å². The molecule has 102 valence electrons. The summed E-state index contributed by atoms with van der Waals surface area (Å²) in [4.78, 5) is 2.89. The van der Waals surface area contributed by atoms with E-state index in [0.717, 1.165) is 23.9 Å². The van der Waals surface area contributed by atoms with Crippen LogP contribution in [0, 0.1) is 11.8 Å². The minimum Gasteiger partial charge on any atom is -0.323 e. The molecule has 0 aromatic carbocycles. The van der Waals surface area contributed by atoms with Gasteiger partial charge in [-0.1, -0.05) is 6.42 Å². The molecule has 0 spiro atoms. The van der Waals surface area contributed by atoms with Gasteiger partial charge in [0.1, 0.15) is 0 Å². The van der Waals surface area contributed by atoms with Crippen molar-refractivity contribution in [1.29, 1.82) is 0 Å². The van der Waals surface area contributed by atoms with Gasteiger partial charge in [-0.2, -0.15) is 0 Å². The molecule has 2 bridgehead atoms. The monoisotopic (exact) mass is 249 g/mol. The second-order valence-electron chi connectivity index (χ2n) is 7.76. The standard InChI is InChI=1S/C16H29N2/c1-18-9-5-3-7-16(18)13-10-14(12-18)15-6-2-4-8-17(15)11-13/h13-16H,2-12H2,1H3/q+1/t13-,14-,15-,16+,18?/m0/s1. The molecule has 4 saturated heterocycles. The van der Waals surface area contributed by atoms with Crippen molar-refractivity contribution in [3.63, 3.8) is 0 Å². The highest BCUT2D eigenvalue weighted by Crippen LogP contribution is 2.45. The summed E-state index contributed by atoms with van der Waals surface area (Å²) in [6.45, 7) is 5.83. The molecule has 0 amide bonds. The first-order valence-corrected chi connectivity index (χ1v) is 8.34. The van der Waals surface area contributed by atoms with E-state index in [2.05, 4.69) is 11.9 Å². The van der Waals surface area contributed by atoms with E-state index in [0.29, 0.717) is 0 Å². The van der Waals surface area contributed by atoms with E-state index >= 15 is 0 Å². The van der Waals surface area contributed by atoms with Crippen LogP contribution >= 0.6 is 0 Å². The molecule has 0 N–H and O–H groups in total. The van der Waals surface area contributed by atoms with Crippen molar-refractivity contribution in [3.05, 3.63) is 0 Å². The van der Waals surface area contributed by atoms with Gasteiger partial charge >= 0.3 is 0 Å². The fraction of sp³-hybridized carbons (Fsp3) is 1.00.